The van der Waals surface area contributed by atoms with Gasteiger partial charge >= 0.3 is 29.6 Å². The summed E-state index contributed by atoms with van der Waals surface area (Å²) in [6.45, 7) is 7.29. The standard InChI is InChI=1S/C13H17ClO3.Na/c1-7(2)10-6-11(14)8(3)5-12(10)17-9(4)13(15)16;/h5-7,9H,1-4H3,(H,15,16);/q;+1/p-1/t9-;/m0./s1. The number of carbonyl (C=O) groups is 1. The SMILES string of the molecule is Cc1cc(O[C@@H](C)C(=O)[O-])c(C(C)C)cc1Cl.[Na+]. The van der Waals surface area contributed by atoms with Crippen molar-refractivity contribution >= 4 is 17.6 Å². The van der Waals surface area contributed by atoms with Gasteiger partial charge in [-0.3, -0.25) is 0 Å². The molecule has 0 aromatic heterocycles. The largest absolute Gasteiger partial charge is 1.00 e. The molecule has 0 aliphatic heterocycles. The molecule has 0 N–H and O–H groups in total. The maximum atomic E-state index is 10.7. The molecule has 5 heteroatoms. The molecule has 0 aliphatic carbocycles. The zero-order chi connectivity index (χ0) is 13.2. The Hall–Kier alpha value is -0.220. The average molecular weight is 279 g/mol. The van der Waals surface area contributed by atoms with Crippen molar-refractivity contribution in [2.75, 3.05) is 0 Å². The van der Waals surface area contributed by atoms with E-state index in [1.807, 2.05) is 26.8 Å². The molecule has 0 aliphatic rings. The molecule has 1 rings (SSSR count). The van der Waals surface area contributed by atoms with Gasteiger partial charge in [0.2, 0.25) is 0 Å². The second kappa shape index (κ2) is 7.39. The van der Waals surface area contributed by atoms with Crippen LogP contribution in [0.2, 0.25) is 5.02 Å². The number of carboxylic acid groups (broad SMARTS) is 1. The Balaban J connectivity index is 0.00000289. The van der Waals surface area contributed by atoms with Crippen LogP contribution in [-0.4, -0.2) is 12.1 Å². The van der Waals surface area contributed by atoms with Gasteiger partial charge in [0.15, 0.2) is 0 Å². The Kier molecular flexibility index (Phi) is 7.30. The first-order valence-electron chi connectivity index (χ1n) is 5.50. The zero-order valence-electron chi connectivity index (χ0n) is 11.4. The molecule has 0 heterocycles. The van der Waals surface area contributed by atoms with Crippen molar-refractivity contribution < 1.29 is 44.2 Å². The Morgan fingerprint density at radius 3 is 2.33 bits per heavy atom. The van der Waals surface area contributed by atoms with Crippen LogP contribution < -0.4 is 39.4 Å². The van der Waals surface area contributed by atoms with Gasteiger partial charge in [0.05, 0.1) is 5.97 Å². The summed E-state index contributed by atoms with van der Waals surface area (Å²) in [4.78, 5) is 10.7. The second-order valence-corrected chi connectivity index (χ2v) is 4.78. The first-order valence-corrected chi connectivity index (χ1v) is 5.88. The predicted molar refractivity (Wildman–Crippen MR) is 65.4 cm³/mol. The Morgan fingerprint density at radius 1 is 1.33 bits per heavy atom. The van der Waals surface area contributed by atoms with E-state index in [2.05, 4.69) is 0 Å². The maximum Gasteiger partial charge on any atom is 1.00 e. The van der Waals surface area contributed by atoms with Crippen LogP contribution in [0.1, 0.15) is 37.8 Å². The number of benzene rings is 1. The van der Waals surface area contributed by atoms with Crippen LogP contribution >= 0.6 is 11.6 Å². The third kappa shape index (κ3) is 4.47. The summed E-state index contributed by atoms with van der Waals surface area (Å²) in [5.41, 5.74) is 1.75. The van der Waals surface area contributed by atoms with Crippen LogP contribution in [0.3, 0.4) is 0 Å². The smallest absolute Gasteiger partial charge is 0.546 e. The number of aryl methyl sites for hydroxylation is 1. The van der Waals surface area contributed by atoms with Gasteiger partial charge in [-0.15, -0.1) is 0 Å². The first kappa shape index (κ1) is 17.8. The van der Waals surface area contributed by atoms with Crippen LogP contribution in [-0.2, 0) is 4.79 Å². The summed E-state index contributed by atoms with van der Waals surface area (Å²) in [5, 5.41) is 11.3. The molecule has 18 heavy (non-hydrogen) atoms. The number of hydrogen-bond donors (Lipinski definition) is 0. The van der Waals surface area contributed by atoms with Gasteiger partial charge < -0.3 is 14.6 Å². The monoisotopic (exact) mass is 278 g/mol. The number of rotatable bonds is 4. The maximum absolute atomic E-state index is 10.7. The molecule has 0 bridgehead atoms. The van der Waals surface area contributed by atoms with Crippen LogP contribution in [0.15, 0.2) is 12.1 Å². The second-order valence-electron chi connectivity index (χ2n) is 4.37. The fraction of sp³-hybridized carbons (Fsp3) is 0.462. The molecule has 0 radical (unpaired) electrons. The Morgan fingerprint density at radius 2 is 1.89 bits per heavy atom. The van der Waals surface area contributed by atoms with Gasteiger partial charge in [-0.25, -0.2) is 0 Å². The van der Waals surface area contributed by atoms with Gasteiger partial charge in [-0.05, 0) is 43.0 Å². The molecule has 94 valence electrons. The number of hydrogen-bond acceptors (Lipinski definition) is 3. The summed E-state index contributed by atoms with van der Waals surface area (Å²) in [5.74, 6) is -0.469. The molecule has 1 aromatic rings. The molecule has 0 saturated heterocycles. The topological polar surface area (TPSA) is 49.4 Å². The molecule has 3 nitrogen and oxygen atoms in total. The van der Waals surface area contributed by atoms with Gasteiger partial charge in [0.1, 0.15) is 11.9 Å². The predicted octanol–water partition coefficient (Wildman–Crippen LogP) is -0.707. The first-order chi connectivity index (χ1) is 7.82. The molecule has 0 fully saturated rings. The normalized spacial score (nSPS) is 11.9. The quantitative estimate of drug-likeness (QED) is 0.684. The summed E-state index contributed by atoms with van der Waals surface area (Å²) >= 11 is 6.04. The zero-order valence-corrected chi connectivity index (χ0v) is 14.2. The van der Waals surface area contributed by atoms with Gasteiger partial charge in [0, 0.05) is 5.02 Å². The van der Waals surface area contributed by atoms with Crippen molar-refractivity contribution in [2.45, 2.75) is 39.7 Å². The summed E-state index contributed by atoms with van der Waals surface area (Å²) in [6.07, 6.45) is -0.979. The van der Waals surface area contributed by atoms with Gasteiger partial charge in [-0.2, -0.15) is 0 Å². The molecule has 0 saturated carbocycles. The third-order valence-electron chi connectivity index (χ3n) is 2.55. The minimum absolute atomic E-state index is 0. The van der Waals surface area contributed by atoms with Gasteiger partial charge in [0.25, 0.3) is 0 Å². The molecule has 1 atom stereocenters. The number of carboxylic acids is 1. The van der Waals surface area contributed by atoms with E-state index >= 15 is 0 Å². The summed E-state index contributed by atoms with van der Waals surface area (Å²) in [7, 11) is 0. The number of carbonyl (C=O) groups excluding carboxylic acids is 1. The van der Waals surface area contributed by atoms with E-state index in [9.17, 15) is 9.90 Å². The molecule has 0 amide bonds. The molecule has 0 spiro atoms. The van der Waals surface area contributed by atoms with E-state index in [1.54, 1.807) is 6.07 Å². The minimum atomic E-state index is -1.23. The number of ether oxygens (including phenoxy) is 1. The van der Waals surface area contributed by atoms with E-state index in [0.717, 1.165) is 11.1 Å². The molecule has 0 unspecified atom stereocenters. The van der Waals surface area contributed by atoms with E-state index in [1.165, 1.54) is 6.92 Å². The van der Waals surface area contributed by atoms with E-state index < -0.39 is 12.1 Å². The minimum Gasteiger partial charge on any atom is -0.546 e. The third-order valence-corrected chi connectivity index (χ3v) is 2.96. The number of halogens is 1. The molecular formula is C13H16ClNaO3. The number of aliphatic carboxylic acids is 1. The summed E-state index contributed by atoms with van der Waals surface area (Å²) in [6, 6.07) is 3.58. The van der Waals surface area contributed by atoms with Crippen LogP contribution in [0.4, 0.5) is 0 Å². The van der Waals surface area contributed by atoms with Crippen molar-refractivity contribution in [1.82, 2.24) is 0 Å². The van der Waals surface area contributed by atoms with Crippen molar-refractivity contribution in [3.63, 3.8) is 0 Å². The van der Waals surface area contributed by atoms with E-state index in [-0.39, 0.29) is 35.5 Å². The Labute approximate surface area is 135 Å². The molecular weight excluding hydrogens is 263 g/mol. The van der Waals surface area contributed by atoms with Gasteiger partial charge in [-0.1, -0.05) is 25.4 Å². The van der Waals surface area contributed by atoms with E-state index in [4.69, 9.17) is 16.3 Å². The van der Waals surface area contributed by atoms with Crippen molar-refractivity contribution in [3.8, 4) is 5.75 Å². The van der Waals surface area contributed by atoms with Crippen LogP contribution in [0.25, 0.3) is 0 Å². The van der Waals surface area contributed by atoms with E-state index in [0.29, 0.717) is 10.8 Å². The Bertz CT molecular complexity index is 432. The fourth-order valence-corrected chi connectivity index (χ4v) is 1.63. The molecule has 1 aromatic carbocycles. The summed E-state index contributed by atoms with van der Waals surface area (Å²) < 4.78 is 5.38. The average Bonchev–Trinajstić information content (AvgIpc) is 2.22. The van der Waals surface area contributed by atoms with Crippen molar-refractivity contribution in [1.29, 1.82) is 0 Å². The fourth-order valence-electron chi connectivity index (χ4n) is 1.46. The van der Waals surface area contributed by atoms with Crippen molar-refractivity contribution in [2.24, 2.45) is 0 Å². The van der Waals surface area contributed by atoms with Crippen LogP contribution in [0.5, 0.6) is 5.75 Å². The van der Waals surface area contributed by atoms with Crippen molar-refractivity contribution in [3.05, 3.63) is 28.3 Å². The van der Waals surface area contributed by atoms with Crippen LogP contribution in [0, 0.1) is 6.92 Å².